The predicted molar refractivity (Wildman–Crippen MR) is 67.0 cm³/mol. The number of ether oxygens (including phenoxy) is 1. The summed E-state index contributed by atoms with van der Waals surface area (Å²) in [6.07, 6.45) is 2.26. The van der Waals surface area contributed by atoms with Crippen LogP contribution in [0.2, 0.25) is 0 Å². The molecule has 102 valence electrons. The Kier molecular flexibility index (Phi) is 4.85. The summed E-state index contributed by atoms with van der Waals surface area (Å²) in [7, 11) is 0. The van der Waals surface area contributed by atoms with E-state index in [1.54, 1.807) is 6.07 Å². The molecule has 0 atom stereocenters. The van der Waals surface area contributed by atoms with Gasteiger partial charge in [0.25, 0.3) is 0 Å². The van der Waals surface area contributed by atoms with Crippen molar-refractivity contribution in [2.75, 3.05) is 6.54 Å². The van der Waals surface area contributed by atoms with E-state index in [9.17, 15) is 4.39 Å². The van der Waals surface area contributed by atoms with Gasteiger partial charge in [-0.3, -0.25) is 0 Å². The van der Waals surface area contributed by atoms with Gasteiger partial charge in [-0.05, 0) is 30.7 Å². The van der Waals surface area contributed by atoms with Crippen molar-refractivity contribution in [3.05, 3.63) is 41.8 Å². The fourth-order valence-electron chi connectivity index (χ4n) is 1.62. The quantitative estimate of drug-likeness (QED) is 0.778. The topological polar surface area (TPSA) is 60.2 Å². The maximum atomic E-state index is 13.4. The molecule has 1 heterocycles. The first-order valence-electron chi connectivity index (χ1n) is 6.16. The summed E-state index contributed by atoms with van der Waals surface area (Å²) in [5.41, 5.74) is 0.844. The first-order valence-corrected chi connectivity index (χ1v) is 6.16. The van der Waals surface area contributed by atoms with Crippen molar-refractivity contribution in [1.82, 2.24) is 15.5 Å². The lowest BCUT2D eigenvalue weighted by Gasteiger charge is -2.08. The molecular weight excluding hydrogens is 249 g/mol. The van der Waals surface area contributed by atoms with Gasteiger partial charge in [-0.25, -0.2) is 4.39 Å². The van der Waals surface area contributed by atoms with E-state index in [0.717, 1.165) is 18.5 Å². The summed E-state index contributed by atoms with van der Waals surface area (Å²) < 4.78 is 23.5. The first-order chi connectivity index (χ1) is 9.28. The normalized spacial score (nSPS) is 10.6. The molecule has 2 rings (SSSR count). The van der Waals surface area contributed by atoms with Crippen molar-refractivity contribution in [3.63, 3.8) is 0 Å². The number of rotatable bonds is 7. The summed E-state index contributed by atoms with van der Waals surface area (Å²) in [4.78, 5) is 3.83. The Morgan fingerprint density at radius 1 is 1.37 bits per heavy atom. The van der Waals surface area contributed by atoms with Gasteiger partial charge in [-0.1, -0.05) is 12.1 Å². The first kappa shape index (κ1) is 13.5. The van der Waals surface area contributed by atoms with E-state index in [1.807, 2.05) is 0 Å². The number of aromatic nitrogens is 2. The molecule has 0 saturated carbocycles. The van der Waals surface area contributed by atoms with Gasteiger partial charge in [-0.2, -0.15) is 4.98 Å². The smallest absolute Gasteiger partial charge is 0.213 e. The third-order valence-corrected chi connectivity index (χ3v) is 2.46. The van der Waals surface area contributed by atoms with Crippen LogP contribution >= 0.6 is 0 Å². The molecule has 0 aliphatic heterocycles. The molecule has 19 heavy (non-hydrogen) atoms. The summed E-state index contributed by atoms with van der Waals surface area (Å²) in [5, 5.41) is 6.83. The van der Waals surface area contributed by atoms with E-state index in [4.69, 9.17) is 4.74 Å². The zero-order valence-corrected chi connectivity index (χ0v) is 10.7. The van der Waals surface area contributed by atoms with Crippen LogP contribution in [0.5, 0.6) is 5.75 Å². The molecule has 0 aliphatic carbocycles. The van der Waals surface area contributed by atoms with E-state index >= 15 is 0 Å². The molecule has 0 aliphatic rings. The minimum atomic E-state index is -0.320. The number of nitrogens with zero attached hydrogens (tertiary/aromatic N) is 2. The van der Waals surface area contributed by atoms with Gasteiger partial charge in [0.15, 0.2) is 6.61 Å². The monoisotopic (exact) mass is 265 g/mol. The number of hydrogen-bond acceptors (Lipinski definition) is 5. The second kappa shape index (κ2) is 6.84. The third kappa shape index (κ3) is 4.33. The molecule has 2 aromatic rings. The van der Waals surface area contributed by atoms with E-state index in [2.05, 4.69) is 26.9 Å². The Morgan fingerprint density at radius 3 is 3.00 bits per heavy atom. The van der Waals surface area contributed by atoms with Crippen LogP contribution in [0.1, 0.15) is 24.7 Å². The van der Waals surface area contributed by atoms with Crippen LogP contribution in [0.25, 0.3) is 0 Å². The van der Waals surface area contributed by atoms with Crippen molar-refractivity contribution in [2.24, 2.45) is 0 Å². The SMILES string of the molecule is CCCNCc1cc(F)cc(OCc2ncon2)c1. The van der Waals surface area contributed by atoms with Crippen molar-refractivity contribution in [2.45, 2.75) is 26.5 Å². The van der Waals surface area contributed by atoms with Crippen molar-refractivity contribution in [1.29, 1.82) is 0 Å². The lowest BCUT2D eigenvalue weighted by molar-refractivity contribution is 0.285. The molecule has 0 bridgehead atoms. The van der Waals surface area contributed by atoms with Crippen molar-refractivity contribution >= 4 is 0 Å². The number of nitrogens with one attached hydrogen (secondary N) is 1. The molecule has 0 unspecified atom stereocenters. The molecule has 6 heteroatoms. The molecule has 0 spiro atoms. The van der Waals surface area contributed by atoms with E-state index in [1.165, 1.54) is 18.5 Å². The maximum absolute atomic E-state index is 13.4. The second-order valence-electron chi connectivity index (χ2n) is 4.11. The molecule has 5 nitrogen and oxygen atoms in total. The molecular formula is C13H16FN3O2. The Balaban J connectivity index is 1.95. The molecule has 1 aromatic carbocycles. The summed E-state index contributed by atoms with van der Waals surface area (Å²) in [6, 6.07) is 4.62. The average molecular weight is 265 g/mol. The summed E-state index contributed by atoms with van der Waals surface area (Å²) >= 11 is 0. The molecule has 0 fully saturated rings. The van der Waals surface area contributed by atoms with Crippen LogP contribution in [-0.2, 0) is 13.2 Å². The van der Waals surface area contributed by atoms with Crippen LogP contribution in [0, 0.1) is 5.82 Å². The van der Waals surface area contributed by atoms with Crippen LogP contribution in [-0.4, -0.2) is 16.7 Å². The van der Waals surface area contributed by atoms with Crippen LogP contribution in [0.3, 0.4) is 0 Å². The lowest BCUT2D eigenvalue weighted by Crippen LogP contribution is -2.14. The molecule has 1 aromatic heterocycles. The minimum absolute atomic E-state index is 0.155. The number of benzene rings is 1. The average Bonchev–Trinajstić information content (AvgIpc) is 2.89. The highest BCUT2D eigenvalue weighted by Gasteiger charge is 2.04. The van der Waals surface area contributed by atoms with Crippen LogP contribution in [0.15, 0.2) is 29.1 Å². The number of hydrogen-bond donors (Lipinski definition) is 1. The predicted octanol–water partition coefficient (Wildman–Crippen LogP) is 2.29. The number of halogens is 1. The van der Waals surface area contributed by atoms with E-state index in [-0.39, 0.29) is 12.4 Å². The van der Waals surface area contributed by atoms with Gasteiger partial charge in [0, 0.05) is 12.6 Å². The lowest BCUT2D eigenvalue weighted by atomic mass is 10.2. The zero-order chi connectivity index (χ0) is 13.5. The van der Waals surface area contributed by atoms with Gasteiger partial charge < -0.3 is 14.6 Å². The molecule has 0 radical (unpaired) electrons. The maximum Gasteiger partial charge on any atom is 0.213 e. The second-order valence-corrected chi connectivity index (χ2v) is 4.11. The van der Waals surface area contributed by atoms with Gasteiger partial charge in [-0.15, -0.1) is 0 Å². The highest BCUT2D eigenvalue weighted by Crippen LogP contribution is 2.17. The Morgan fingerprint density at radius 2 is 2.26 bits per heavy atom. The Hall–Kier alpha value is -1.95. The fraction of sp³-hybridized carbons (Fsp3) is 0.385. The van der Waals surface area contributed by atoms with Gasteiger partial charge in [0.1, 0.15) is 11.6 Å². The van der Waals surface area contributed by atoms with Crippen LogP contribution in [0.4, 0.5) is 4.39 Å². The third-order valence-electron chi connectivity index (χ3n) is 2.46. The van der Waals surface area contributed by atoms with Gasteiger partial charge >= 0.3 is 0 Å². The largest absolute Gasteiger partial charge is 0.485 e. The highest BCUT2D eigenvalue weighted by molar-refractivity contribution is 5.29. The molecule has 0 saturated heterocycles. The van der Waals surface area contributed by atoms with E-state index < -0.39 is 0 Å². The van der Waals surface area contributed by atoms with Crippen molar-refractivity contribution in [3.8, 4) is 5.75 Å². The Labute approximate surface area is 110 Å². The zero-order valence-electron chi connectivity index (χ0n) is 10.7. The summed E-state index contributed by atoms with van der Waals surface area (Å²) in [5.74, 6) is 0.562. The highest BCUT2D eigenvalue weighted by atomic mass is 19.1. The standard InChI is InChI=1S/C13H16FN3O2/c1-2-3-15-7-10-4-11(14)6-12(5-10)18-8-13-16-9-19-17-13/h4-6,9,15H,2-3,7-8H2,1H3. The van der Waals surface area contributed by atoms with Gasteiger partial charge in [0.05, 0.1) is 0 Å². The van der Waals surface area contributed by atoms with Gasteiger partial charge in [0.2, 0.25) is 12.2 Å². The fourth-order valence-corrected chi connectivity index (χ4v) is 1.62. The summed E-state index contributed by atoms with van der Waals surface area (Å²) in [6.45, 7) is 3.75. The minimum Gasteiger partial charge on any atom is -0.485 e. The van der Waals surface area contributed by atoms with Crippen molar-refractivity contribution < 1.29 is 13.7 Å². The van der Waals surface area contributed by atoms with E-state index in [0.29, 0.717) is 18.1 Å². The molecule has 1 N–H and O–H groups in total. The molecule has 0 amide bonds. The van der Waals surface area contributed by atoms with Crippen LogP contribution < -0.4 is 10.1 Å². The Bertz CT molecular complexity index is 503.